The van der Waals surface area contributed by atoms with Crippen LogP contribution in [0, 0.1) is 22.7 Å². The van der Waals surface area contributed by atoms with Crippen molar-refractivity contribution in [1.29, 1.82) is 10.5 Å². The Bertz CT molecular complexity index is 3420. The molecule has 0 radical (unpaired) electrons. The molecular weight excluding hydrogens is 671 g/mol. The number of nitriles is 2. The summed E-state index contributed by atoms with van der Waals surface area (Å²) in [6.45, 7) is 0. The van der Waals surface area contributed by atoms with E-state index in [1.54, 1.807) is 0 Å². The number of hydrogen-bond donors (Lipinski definition) is 0. The van der Waals surface area contributed by atoms with Crippen molar-refractivity contribution >= 4 is 65.4 Å². The maximum Gasteiger partial charge on any atom is 0.101 e. The van der Waals surface area contributed by atoms with Crippen LogP contribution in [0.4, 0.5) is 0 Å². The first kappa shape index (κ1) is 30.7. The molecule has 3 heterocycles. The Morgan fingerprint density at radius 2 is 0.909 bits per heavy atom. The Labute approximate surface area is 316 Å². The van der Waals surface area contributed by atoms with E-state index < -0.39 is 0 Å². The maximum atomic E-state index is 10.2. The zero-order valence-electron chi connectivity index (χ0n) is 29.5. The largest absolute Gasteiger partial charge is 0.309 e. The Hall–Kier alpha value is -7.86. The van der Waals surface area contributed by atoms with Gasteiger partial charge in [-0.15, -0.1) is 0 Å². The molecule has 0 N–H and O–H groups in total. The van der Waals surface area contributed by atoms with Gasteiger partial charge >= 0.3 is 0 Å². The lowest BCUT2D eigenvalue weighted by molar-refractivity contribution is 1.15. The summed E-state index contributed by atoms with van der Waals surface area (Å²) in [5, 5.41) is 27.3. The Kier molecular flexibility index (Phi) is 6.61. The van der Waals surface area contributed by atoms with E-state index in [1.165, 1.54) is 10.8 Å². The van der Waals surface area contributed by atoms with Crippen LogP contribution in [-0.2, 0) is 0 Å². The molecule has 0 aliphatic heterocycles. The van der Waals surface area contributed by atoms with Gasteiger partial charge < -0.3 is 13.7 Å². The third-order valence-corrected chi connectivity index (χ3v) is 11.1. The molecule has 5 heteroatoms. The second-order valence-corrected chi connectivity index (χ2v) is 14.0. The molecule has 55 heavy (non-hydrogen) atoms. The third-order valence-electron chi connectivity index (χ3n) is 11.1. The van der Waals surface area contributed by atoms with Crippen molar-refractivity contribution in [3.63, 3.8) is 0 Å². The quantitative estimate of drug-likeness (QED) is 0.184. The highest BCUT2D eigenvalue weighted by Crippen LogP contribution is 2.40. The SMILES string of the molecule is N#Cc1ccc(-n2c3ccccc3c3ccc(-n4c5ccccc5c5ccccc54)cc32)c(-c2cccc(-n3c4ccccc4c4cccc(C#N)c43)c2)c1. The zero-order chi connectivity index (χ0) is 36.6. The molecule has 8 aromatic carbocycles. The van der Waals surface area contributed by atoms with Gasteiger partial charge in [-0.2, -0.15) is 10.5 Å². The molecule has 254 valence electrons. The molecule has 11 rings (SSSR count). The fourth-order valence-electron chi connectivity index (χ4n) is 8.78. The second kappa shape index (κ2) is 11.8. The van der Waals surface area contributed by atoms with Crippen LogP contribution in [0.2, 0.25) is 0 Å². The lowest BCUT2D eigenvalue weighted by Gasteiger charge is -2.17. The monoisotopic (exact) mass is 699 g/mol. The highest BCUT2D eigenvalue weighted by molar-refractivity contribution is 6.13. The molecular formula is C50H29N5. The average Bonchev–Trinajstić information content (AvgIpc) is 3.89. The molecule has 0 spiro atoms. The maximum absolute atomic E-state index is 10.2. The van der Waals surface area contributed by atoms with E-state index in [4.69, 9.17) is 0 Å². The van der Waals surface area contributed by atoms with Gasteiger partial charge in [0, 0.05) is 49.3 Å². The molecule has 0 atom stereocenters. The second-order valence-electron chi connectivity index (χ2n) is 14.0. The minimum absolute atomic E-state index is 0.583. The fourth-order valence-corrected chi connectivity index (χ4v) is 8.78. The van der Waals surface area contributed by atoms with Crippen molar-refractivity contribution < 1.29 is 0 Å². The van der Waals surface area contributed by atoms with Crippen LogP contribution in [0.3, 0.4) is 0 Å². The van der Waals surface area contributed by atoms with Gasteiger partial charge in [0.2, 0.25) is 0 Å². The van der Waals surface area contributed by atoms with E-state index in [-0.39, 0.29) is 0 Å². The molecule has 0 aliphatic rings. The lowest BCUT2D eigenvalue weighted by Crippen LogP contribution is -2.00. The van der Waals surface area contributed by atoms with Crippen LogP contribution in [0.25, 0.3) is 93.6 Å². The topological polar surface area (TPSA) is 62.4 Å². The first-order valence-electron chi connectivity index (χ1n) is 18.3. The molecule has 0 saturated heterocycles. The number of nitrogens with zero attached hydrogens (tertiary/aromatic N) is 5. The normalized spacial score (nSPS) is 11.6. The van der Waals surface area contributed by atoms with E-state index in [0.717, 1.165) is 82.8 Å². The van der Waals surface area contributed by atoms with Gasteiger partial charge in [0.05, 0.1) is 56.0 Å². The van der Waals surface area contributed by atoms with Crippen LogP contribution in [0.15, 0.2) is 176 Å². The molecule has 0 unspecified atom stereocenters. The molecule has 0 saturated carbocycles. The number of benzene rings is 8. The summed E-state index contributed by atoms with van der Waals surface area (Å²) in [6, 6.07) is 66.0. The molecule has 0 bridgehead atoms. The lowest BCUT2D eigenvalue weighted by atomic mass is 10.00. The first-order valence-corrected chi connectivity index (χ1v) is 18.3. The van der Waals surface area contributed by atoms with Gasteiger partial charge in [-0.05, 0) is 78.4 Å². The van der Waals surface area contributed by atoms with Crippen LogP contribution in [0.5, 0.6) is 0 Å². The predicted molar refractivity (Wildman–Crippen MR) is 224 cm³/mol. The van der Waals surface area contributed by atoms with Crippen molar-refractivity contribution in [2.24, 2.45) is 0 Å². The highest BCUT2D eigenvalue weighted by atomic mass is 15.0. The van der Waals surface area contributed by atoms with E-state index in [0.29, 0.717) is 11.1 Å². The number of para-hydroxylation sites is 5. The minimum atomic E-state index is 0.583. The smallest absolute Gasteiger partial charge is 0.101 e. The van der Waals surface area contributed by atoms with Crippen molar-refractivity contribution in [2.75, 3.05) is 0 Å². The average molecular weight is 700 g/mol. The van der Waals surface area contributed by atoms with E-state index >= 15 is 0 Å². The van der Waals surface area contributed by atoms with Gasteiger partial charge in [0.25, 0.3) is 0 Å². The van der Waals surface area contributed by atoms with Crippen LogP contribution in [-0.4, -0.2) is 13.7 Å². The first-order chi connectivity index (χ1) is 27.2. The highest BCUT2D eigenvalue weighted by Gasteiger charge is 2.20. The summed E-state index contributed by atoms with van der Waals surface area (Å²) in [5.41, 5.74) is 12.5. The van der Waals surface area contributed by atoms with Crippen molar-refractivity contribution in [3.8, 4) is 40.3 Å². The Balaban J connectivity index is 1.18. The van der Waals surface area contributed by atoms with Gasteiger partial charge in [-0.1, -0.05) is 103 Å². The minimum Gasteiger partial charge on any atom is -0.309 e. The molecule has 0 aliphatic carbocycles. The molecule has 5 nitrogen and oxygen atoms in total. The summed E-state index contributed by atoms with van der Waals surface area (Å²) >= 11 is 0. The number of fused-ring (bicyclic) bond motifs is 9. The predicted octanol–water partition coefficient (Wildman–Crippen LogP) is 12.4. The molecule has 0 amide bonds. The summed E-state index contributed by atoms with van der Waals surface area (Å²) in [4.78, 5) is 0. The standard InChI is InChI=1S/C50H29N5/c51-30-32-23-26-48(43(27-32)33-11-9-13-35(28-33)54-46-21-7-4-17-40(46)42-18-10-12-34(31-52)50(42)54)55-47-22-8-3-16-39(47)41-25-24-36(29-49(41)55)53-44-19-5-1-14-37(44)38-15-2-6-20-45(38)53/h1-29H. The van der Waals surface area contributed by atoms with Gasteiger partial charge in [-0.25, -0.2) is 0 Å². The van der Waals surface area contributed by atoms with Gasteiger partial charge in [0.1, 0.15) is 6.07 Å². The Morgan fingerprint density at radius 3 is 1.56 bits per heavy atom. The molecule has 3 aromatic heterocycles. The Morgan fingerprint density at radius 1 is 0.364 bits per heavy atom. The van der Waals surface area contributed by atoms with Gasteiger partial charge in [-0.3, -0.25) is 0 Å². The number of hydrogen-bond acceptors (Lipinski definition) is 2. The van der Waals surface area contributed by atoms with Gasteiger partial charge in [0.15, 0.2) is 0 Å². The molecule has 0 fully saturated rings. The van der Waals surface area contributed by atoms with Crippen molar-refractivity contribution in [3.05, 3.63) is 187 Å². The third kappa shape index (κ3) is 4.45. The van der Waals surface area contributed by atoms with E-state index in [1.807, 2.05) is 36.4 Å². The zero-order valence-corrected chi connectivity index (χ0v) is 29.5. The van der Waals surface area contributed by atoms with E-state index in [9.17, 15) is 10.5 Å². The summed E-state index contributed by atoms with van der Waals surface area (Å²) in [7, 11) is 0. The van der Waals surface area contributed by atoms with Crippen LogP contribution < -0.4 is 0 Å². The molecule has 11 aromatic rings. The number of rotatable bonds is 4. The van der Waals surface area contributed by atoms with Crippen molar-refractivity contribution in [2.45, 2.75) is 0 Å². The van der Waals surface area contributed by atoms with E-state index in [2.05, 4.69) is 165 Å². The summed E-state index contributed by atoms with van der Waals surface area (Å²) in [6.07, 6.45) is 0. The number of aromatic nitrogens is 3. The van der Waals surface area contributed by atoms with Crippen LogP contribution >= 0.6 is 0 Å². The fraction of sp³-hybridized carbons (Fsp3) is 0. The summed E-state index contributed by atoms with van der Waals surface area (Å²) < 4.78 is 6.90. The van der Waals surface area contributed by atoms with Crippen molar-refractivity contribution in [1.82, 2.24) is 13.7 Å². The van der Waals surface area contributed by atoms with Crippen LogP contribution in [0.1, 0.15) is 11.1 Å². The summed E-state index contributed by atoms with van der Waals surface area (Å²) in [5.74, 6) is 0.